The van der Waals surface area contributed by atoms with E-state index in [-0.39, 0.29) is 11.3 Å². The Morgan fingerprint density at radius 3 is 2.48 bits per heavy atom. The summed E-state index contributed by atoms with van der Waals surface area (Å²) in [5.74, 6) is -0.584. The molecule has 2 aromatic carbocycles. The Labute approximate surface area is 157 Å². The Balaban J connectivity index is 1.79. The molecule has 0 saturated carbocycles. The van der Waals surface area contributed by atoms with Gasteiger partial charge in [0.05, 0.1) is 23.7 Å². The Morgan fingerprint density at radius 2 is 1.85 bits per heavy atom. The fraction of sp³-hybridized carbons (Fsp3) is 0.350. The van der Waals surface area contributed by atoms with E-state index >= 15 is 0 Å². The summed E-state index contributed by atoms with van der Waals surface area (Å²) in [6, 6.07) is 12.2. The molecule has 1 saturated heterocycles. The molecule has 0 aromatic heterocycles. The Morgan fingerprint density at radius 1 is 1.19 bits per heavy atom. The number of anilines is 1. The maximum Gasteiger partial charge on any atom is 0.338 e. The summed E-state index contributed by atoms with van der Waals surface area (Å²) in [5, 5.41) is 11.5. The smallest absolute Gasteiger partial charge is 0.338 e. The van der Waals surface area contributed by atoms with Crippen LogP contribution in [0, 0.1) is 17.0 Å². The first-order valence-electron chi connectivity index (χ1n) is 8.84. The minimum absolute atomic E-state index is 0.102. The molecule has 0 N–H and O–H groups in total. The van der Waals surface area contributed by atoms with E-state index in [0.717, 1.165) is 11.1 Å². The molecule has 3 rings (SSSR count). The molecular weight excluding hydrogens is 348 g/mol. The predicted molar refractivity (Wildman–Crippen MR) is 101 cm³/mol. The number of carbonyl (C=O) groups is 1. The van der Waals surface area contributed by atoms with Crippen LogP contribution in [0.5, 0.6) is 0 Å². The van der Waals surface area contributed by atoms with Gasteiger partial charge in [0.2, 0.25) is 0 Å². The third-order valence-corrected chi connectivity index (χ3v) is 4.59. The number of hydrogen-bond acceptors (Lipinski definition) is 6. The lowest BCUT2D eigenvalue weighted by molar-refractivity contribution is -0.384. The second kappa shape index (κ2) is 8.18. The average Bonchev–Trinajstić information content (AvgIpc) is 2.68. The topological polar surface area (TPSA) is 81.9 Å². The minimum atomic E-state index is -0.584. The lowest BCUT2D eigenvalue weighted by atomic mass is 10.1. The fourth-order valence-electron chi connectivity index (χ4n) is 3.00. The monoisotopic (exact) mass is 370 g/mol. The van der Waals surface area contributed by atoms with Crippen LogP contribution in [0.3, 0.4) is 0 Å². The normalized spacial score (nSPS) is 15.3. The van der Waals surface area contributed by atoms with Gasteiger partial charge in [-0.05, 0) is 31.5 Å². The van der Waals surface area contributed by atoms with Crippen molar-refractivity contribution in [1.29, 1.82) is 0 Å². The first kappa shape index (κ1) is 18.8. The van der Waals surface area contributed by atoms with Crippen LogP contribution < -0.4 is 4.90 Å². The summed E-state index contributed by atoms with van der Waals surface area (Å²) in [7, 11) is 0. The molecule has 0 unspecified atom stereocenters. The van der Waals surface area contributed by atoms with Gasteiger partial charge in [0.1, 0.15) is 11.8 Å². The summed E-state index contributed by atoms with van der Waals surface area (Å²) in [5.41, 5.74) is 2.54. The summed E-state index contributed by atoms with van der Waals surface area (Å²) >= 11 is 0. The molecule has 7 heteroatoms. The van der Waals surface area contributed by atoms with E-state index in [0.29, 0.717) is 32.0 Å². The maximum absolute atomic E-state index is 12.5. The number of aryl methyl sites for hydroxylation is 1. The van der Waals surface area contributed by atoms with Crippen molar-refractivity contribution in [3.05, 3.63) is 69.3 Å². The zero-order valence-electron chi connectivity index (χ0n) is 15.4. The summed E-state index contributed by atoms with van der Waals surface area (Å²) in [4.78, 5) is 25.4. The average molecular weight is 370 g/mol. The van der Waals surface area contributed by atoms with E-state index in [2.05, 4.69) is 0 Å². The lowest BCUT2D eigenvalue weighted by Gasteiger charge is -2.28. The van der Waals surface area contributed by atoms with Gasteiger partial charge in [-0.2, -0.15) is 0 Å². The van der Waals surface area contributed by atoms with Crippen molar-refractivity contribution in [3.63, 3.8) is 0 Å². The molecule has 142 valence electrons. The third-order valence-electron chi connectivity index (χ3n) is 4.59. The zero-order chi connectivity index (χ0) is 19.4. The van der Waals surface area contributed by atoms with Gasteiger partial charge >= 0.3 is 5.97 Å². The number of morpholine rings is 1. The maximum atomic E-state index is 12.5. The molecule has 1 atom stereocenters. The standard InChI is InChI=1S/C20H22N2O5/c1-14-3-5-16(6-4-14)15(2)27-20(23)17-7-8-18(19(13-17)22(24)25)21-9-11-26-12-10-21/h3-8,13,15H,9-12H2,1-2H3/t15-/m1/s1. The molecule has 27 heavy (non-hydrogen) atoms. The zero-order valence-corrected chi connectivity index (χ0v) is 15.4. The number of ether oxygens (including phenoxy) is 2. The van der Waals surface area contributed by atoms with Gasteiger partial charge in [-0.15, -0.1) is 0 Å². The molecule has 0 bridgehead atoms. The minimum Gasteiger partial charge on any atom is -0.454 e. The van der Waals surface area contributed by atoms with Crippen molar-refractivity contribution in [1.82, 2.24) is 0 Å². The van der Waals surface area contributed by atoms with E-state index in [1.807, 2.05) is 36.1 Å². The van der Waals surface area contributed by atoms with E-state index < -0.39 is 17.0 Å². The number of rotatable bonds is 5. The van der Waals surface area contributed by atoms with Gasteiger partial charge in [0.25, 0.3) is 5.69 Å². The van der Waals surface area contributed by atoms with E-state index in [1.54, 1.807) is 19.1 Å². The van der Waals surface area contributed by atoms with Gasteiger partial charge in [-0.1, -0.05) is 29.8 Å². The lowest BCUT2D eigenvalue weighted by Crippen LogP contribution is -2.36. The molecule has 1 aliphatic rings. The third kappa shape index (κ3) is 4.43. The second-order valence-electron chi connectivity index (χ2n) is 6.52. The number of nitro benzene ring substituents is 1. The number of nitro groups is 1. The van der Waals surface area contributed by atoms with Crippen LogP contribution in [0.2, 0.25) is 0 Å². The van der Waals surface area contributed by atoms with Crippen LogP contribution in [0.1, 0.15) is 34.5 Å². The SMILES string of the molecule is Cc1ccc([C@@H](C)OC(=O)c2ccc(N3CCOCC3)c([N+](=O)[O-])c2)cc1. The highest BCUT2D eigenvalue weighted by Crippen LogP contribution is 2.30. The highest BCUT2D eigenvalue weighted by molar-refractivity contribution is 5.91. The molecule has 7 nitrogen and oxygen atoms in total. The number of hydrogen-bond donors (Lipinski definition) is 0. The van der Waals surface area contributed by atoms with Crippen molar-refractivity contribution in [2.75, 3.05) is 31.2 Å². The van der Waals surface area contributed by atoms with Crippen LogP contribution in [-0.4, -0.2) is 37.2 Å². The van der Waals surface area contributed by atoms with Gasteiger partial charge in [-0.3, -0.25) is 10.1 Å². The summed E-state index contributed by atoms with van der Waals surface area (Å²) in [6.07, 6.45) is -0.448. The number of nitrogens with zero attached hydrogens (tertiary/aromatic N) is 2. The van der Waals surface area contributed by atoms with Crippen LogP contribution in [0.4, 0.5) is 11.4 Å². The van der Waals surface area contributed by atoms with Crippen molar-refractivity contribution in [3.8, 4) is 0 Å². The van der Waals surface area contributed by atoms with E-state index in [1.165, 1.54) is 6.07 Å². The van der Waals surface area contributed by atoms with Gasteiger partial charge in [-0.25, -0.2) is 4.79 Å². The summed E-state index contributed by atoms with van der Waals surface area (Å²) in [6.45, 7) is 5.96. The van der Waals surface area contributed by atoms with Gasteiger partial charge in [0, 0.05) is 19.2 Å². The van der Waals surface area contributed by atoms with Crippen molar-refractivity contribution in [2.45, 2.75) is 20.0 Å². The Hall–Kier alpha value is -2.93. The van der Waals surface area contributed by atoms with Gasteiger partial charge in [0.15, 0.2) is 0 Å². The second-order valence-corrected chi connectivity index (χ2v) is 6.52. The van der Waals surface area contributed by atoms with Crippen LogP contribution >= 0.6 is 0 Å². The fourth-order valence-corrected chi connectivity index (χ4v) is 3.00. The van der Waals surface area contributed by atoms with Crippen LogP contribution in [-0.2, 0) is 9.47 Å². The molecule has 0 spiro atoms. The van der Waals surface area contributed by atoms with Gasteiger partial charge < -0.3 is 14.4 Å². The number of esters is 1. The highest BCUT2D eigenvalue weighted by atomic mass is 16.6. The van der Waals surface area contributed by atoms with Crippen LogP contribution in [0.15, 0.2) is 42.5 Å². The summed E-state index contributed by atoms with van der Waals surface area (Å²) < 4.78 is 10.8. The molecule has 0 aliphatic carbocycles. The molecule has 0 amide bonds. The Bertz CT molecular complexity index is 829. The predicted octanol–water partition coefficient (Wildman–Crippen LogP) is 3.66. The number of benzene rings is 2. The van der Waals surface area contributed by atoms with E-state index in [9.17, 15) is 14.9 Å². The number of carbonyl (C=O) groups excluding carboxylic acids is 1. The van der Waals surface area contributed by atoms with E-state index in [4.69, 9.17) is 9.47 Å². The quantitative estimate of drug-likeness (QED) is 0.454. The van der Waals surface area contributed by atoms with Crippen molar-refractivity contribution >= 4 is 17.3 Å². The van der Waals surface area contributed by atoms with Crippen LogP contribution in [0.25, 0.3) is 0 Å². The largest absolute Gasteiger partial charge is 0.454 e. The Kier molecular flexibility index (Phi) is 5.71. The molecule has 0 radical (unpaired) electrons. The highest BCUT2D eigenvalue weighted by Gasteiger charge is 2.24. The molecule has 1 heterocycles. The van der Waals surface area contributed by atoms with Crippen molar-refractivity contribution in [2.24, 2.45) is 0 Å². The first-order chi connectivity index (χ1) is 13.0. The molecule has 1 fully saturated rings. The molecule has 2 aromatic rings. The van der Waals surface area contributed by atoms with Crippen molar-refractivity contribution < 1.29 is 19.2 Å². The molecular formula is C20H22N2O5. The first-order valence-corrected chi connectivity index (χ1v) is 8.84. The molecule has 1 aliphatic heterocycles.